The van der Waals surface area contributed by atoms with Crippen LogP contribution in [0.4, 0.5) is 0 Å². The third-order valence-electron chi connectivity index (χ3n) is 4.99. The molecule has 0 unspecified atom stereocenters. The van der Waals surface area contributed by atoms with Crippen LogP contribution in [0.15, 0.2) is 33.5 Å². The van der Waals surface area contributed by atoms with Crippen LogP contribution < -0.4 is 5.43 Å². The summed E-state index contributed by atoms with van der Waals surface area (Å²) >= 11 is 0. The number of carbonyl (C=O) groups excluding carboxylic acids is 2. The number of likely N-dealkylation sites (N-methyl/N-ethyl adjacent to an activating group) is 1. The van der Waals surface area contributed by atoms with Crippen molar-refractivity contribution in [3.05, 3.63) is 45.8 Å². The number of sulfone groups is 1. The first-order valence-electron chi connectivity index (χ1n) is 9.37. The predicted octanol–water partition coefficient (Wildman–Crippen LogP) is 1.68. The molecule has 0 radical (unpaired) electrons. The van der Waals surface area contributed by atoms with Crippen LogP contribution in [-0.4, -0.2) is 55.4 Å². The molecular weight excluding hydrogens is 398 g/mol. The minimum atomic E-state index is -3.16. The van der Waals surface area contributed by atoms with Crippen LogP contribution in [-0.2, 0) is 19.4 Å². The van der Waals surface area contributed by atoms with Crippen molar-refractivity contribution in [2.75, 3.05) is 18.1 Å². The van der Waals surface area contributed by atoms with E-state index in [-0.39, 0.29) is 28.3 Å². The minimum Gasteiger partial charge on any atom is -0.449 e. The Kier molecular flexibility index (Phi) is 5.79. The number of aryl methyl sites for hydroxylation is 1. The summed E-state index contributed by atoms with van der Waals surface area (Å²) in [5, 5.41) is 0.352. The van der Waals surface area contributed by atoms with Gasteiger partial charge in [-0.05, 0) is 39.3 Å². The van der Waals surface area contributed by atoms with Gasteiger partial charge in [-0.15, -0.1) is 0 Å². The Labute approximate surface area is 168 Å². The zero-order chi connectivity index (χ0) is 21.3. The molecule has 9 heteroatoms. The minimum absolute atomic E-state index is 0.0390. The molecule has 156 valence electrons. The molecule has 1 aromatic carbocycles. The van der Waals surface area contributed by atoms with Gasteiger partial charge in [0, 0.05) is 18.7 Å². The van der Waals surface area contributed by atoms with Crippen LogP contribution in [0.3, 0.4) is 0 Å². The lowest BCUT2D eigenvalue weighted by atomic mass is 10.1. The van der Waals surface area contributed by atoms with E-state index >= 15 is 0 Å². The largest absolute Gasteiger partial charge is 0.449 e. The molecule has 8 nitrogen and oxygen atoms in total. The monoisotopic (exact) mass is 421 g/mol. The summed E-state index contributed by atoms with van der Waals surface area (Å²) in [6, 6.07) is 5.62. The van der Waals surface area contributed by atoms with Crippen molar-refractivity contribution in [1.82, 2.24) is 4.90 Å². The molecule has 29 heavy (non-hydrogen) atoms. The first-order valence-corrected chi connectivity index (χ1v) is 11.2. The molecule has 1 saturated heterocycles. The van der Waals surface area contributed by atoms with Crippen molar-refractivity contribution in [1.29, 1.82) is 0 Å². The van der Waals surface area contributed by atoms with Gasteiger partial charge in [0.25, 0.3) is 5.91 Å². The number of rotatable bonds is 5. The molecule has 1 aliphatic rings. The number of nitrogens with zero attached hydrogens (tertiary/aromatic N) is 1. The molecule has 0 N–H and O–H groups in total. The number of carbonyl (C=O) groups is 2. The molecule has 1 fully saturated rings. The Morgan fingerprint density at radius 1 is 1.31 bits per heavy atom. The number of hydrogen-bond donors (Lipinski definition) is 0. The van der Waals surface area contributed by atoms with Gasteiger partial charge < -0.3 is 14.1 Å². The Morgan fingerprint density at radius 3 is 2.66 bits per heavy atom. The van der Waals surface area contributed by atoms with Crippen molar-refractivity contribution in [3.8, 4) is 0 Å². The second kappa shape index (κ2) is 7.98. The fourth-order valence-electron chi connectivity index (χ4n) is 3.49. The quantitative estimate of drug-likeness (QED) is 0.675. The zero-order valence-electron chi connectivity index (χ0n) is 16.5. The van der Waals surface area contributed by atoms with Gasteiger partial charge >= 0.3 is 5.97 Å². The van der Waals surface area contributed by atoms with E-state index in [0.717, 1.165) is 11.6 Å². The number of esters is 1. The molecular formula is C20H23NO7S. The van der Waals surface area contributed by atoms with Crippen molar-refractivity contribution in [3.63, 3.8) is 0 Å². The Morgan fingerprint density at radius 2 is 2.03 bits per heavy atom. The van der Waals surface area contributed by atoms with E-state index < -0.39 is 33.9 Å². The first-order chi connectivity index (χ1) is 13.6. The highest BCUT2D eigenvalue weighted by Crippen LogP contribution is 2.20. The Balaban J connectivity index is 1.76. The standard InChI is InChI=1S/C20H23NO7S/c1-4-21(14-7-8-29(25,26)11-14)19(23)13(3)27-20(24)18-10-16(22)15-9-12(2)5-6-17(15)28-18/h5-6,9-10,13-14H,4,7-8,11H2,1-3H3/t13-,14+/m0/s1. The summed E-state index contributed by atoms with van der Waals surface area (Å²) in [5.74, 6) is -1.76. The van der Waals surface area contributed by atoms with Crippen molar-refractivity contribution < 1.29 is 27.2 Å². The van der Waals surface area contributed by atoms with E-state index in [2.05, 4.69) is 0 Å². The van der Waals surface area contributed by atoms with Gasteiger partial charge in [-0.1, -0.05) is 11.6 Å². The predicted molar refractivity (Wildman–Crippen MR) is 107 cm³/mol. The molecule has 1 aliphatic heterocycles. The summed E-state index contributed by atoms with van der Waals surface area (Å²) in [6.45, 7) is 5.28. The molecule has 0 bridgehead atoms. The lowest BCUT2D eigenvalue weighted by molar-refractivity contribution is -0.141. The van der Waals surface area contributed by atoms with E-state index in [9.17, 15) is 22.8 Å². The highest BCUT2D eigenvalue weighted by Gasteiger charge is 2.36. The average molecular weight is 421 g/mol. The number of amides is 1. The number of benzene rings is 1. The van der Waals surface area contributed by atoms with Crippen LogP contribution in [0.1, 0.15) is 36.4 Å². The third-order valence-corrected chi connectivity index (χ3v) is 6.74. The SMILES string of the molecule is CCN(C(=O)[C@H](C)OC(=O)c1cc(=O)c2cc(C)ccc2o1)[C@@H]1CCS(=O)(=O)C1. The van der Waals surface area contributed by atoms with Crippen molar-refractivity contribution in [2.24, 2.45) is 0 Å². The van der Waals surface area contributed by atoms with Crippen molar-refractivity contribution >= 4 is 32.7 Å². The van der Waals surface area contributed by atoms with E-state index in [1.165, 1.54) is 11.8 Å². The molecule has 0 spiro atoms. The second-order valence-corrected chi connectivity index (χ2v) is 9.43. The summed E-state index contributed by atoms with van der Waals surface area (Å²) in [7, 11) is -3.16. The zero-order valence-corrected chi connectivity index (χ0v) is 17.3. The first kappa shape index (κ1) is 21.0. The topological polar surface area (TPSA) is 111 Å². The molecule has 1 aromatic heterocycles. The smallest absolute Gasteiger partial charge is 0.375 e. The van der Waals surface area contributed by atoms with Crippen molar-refractivity contribution in [2.45, 2.75) is 39.3 Å². The highest BCUT2D eigenvalue weighted by molar-refractivity contribution is 7.91. The third kappa shape index (κ3) is 4.50. The van der Waals surface area contributed by atoms with Gasteiger partial charge in [0.2, 0.25) is 5.76 Å². The van der Waals surface area contributed by atoms with E-state index in [1.54, 1.807) is 25.1 Å². The van der Waals surface area contributed by atoms with E-state index in [0.29, 0.717) is 18.4 Å². The van der Waals surface area contributed by atoms with Crippen LogP contribution in [0.2, 0.25) is 0 Å². The van der Waals surface area contributed by atoms with Gasteiger partial charge in [0.15, 0.2) is 21.4 Å². The Bertz CT molecular complexity index is 1120. The van der Waals surface area contributed by atoms with Crippen LogP contribution >= 0.6 is 0 Å². The van der Waals surface area contributed by atoms with E-state index in [1.807, 2.05) is 6.92 Å². The van der Waals surface area contributed by atoms with Crippen LogP contribution in [0.25, 0.3) is 11.0 Å². The Hall–Kier alpha value is -2.68. The maximum atomic E-state index is 12.7. The number of hydrogen-bond acceptors (Lipinski definition) is 7. The van der Waals surface area contributed by atoms with Crippen LogP contribution in [0, 0.1) is 6.92 Å². The van der Waals surface area contributed by atoms with Gasteiger partial charge in [-0.3, -0.25) is 9.59 Å². The maximum Gasteiger partial charge on any atom is 0.375 e. The lowest BCUT2D eigenvalue weighted by Gasteiger charge is -2.29. The fraction of sp³-hybridized carbons (Fsp3) is 0.450. The molecule has 2 heterocycles. The summed E-state index contributed by atoms with van der Waals surface area (Å²) in [5.41, 5.74) is 0.750. The van der Waals surface area contributed by atoms with Crippen LogP contribution in [0.5, 0.6) is 0 Å². The average Bonchev–Trinajstić information content (AvgIpc) is 3.02. The van der Waals surface area contributed by atoms with E-state index in [4.69, 9.17) is 9.15 Å². The molecule has 0 aliphatic carbocycles. The molecule has 1 amide bonds. The van der Waals surface area contributed by atoms with Gasteiger partial charge in [0.05, 0.1) is 16.9 Å². The second-order valence-electron chi connectivity index (χ2n) is 7.20. The summed E-state index contributed by atoms with van der Waals surface area (Å²) in [6.07, 6.45) is -0.786. The lowest BCUT2D eigenvalue weighted by Crippen LogP contribution is -2.46. The number of ether oxygens (including phenoxy) is 1. The van der Waals surface area contributed by atoms with Gasteiger partial charge in [-0.2, -0.15) is 0 Å². The van der Waals surface area contributed by atoms with Gasteiger partial charge in [-0.25, -0.2) is 13.2 Å². The van der Waals surface area contributed by atoms with Gasteiger partial charge in [0.1, 0.15) is 5.58 Å². The summed E-state index contributed by atoms with van der Waals surface area (Å²) in [4.78, 5) is 38.8. The highest BCUT2D eigenvalue weighted by atomic mass is 32.2. The molecule has 2 atom stereocenters. The maximum absolute atomic E-state index is 12.7. The summed E-state index contributed by atoms with van der Waals surface area (Å²) < 4.78 is 34.1. The molecule has 0 saturated carbocycles. The molecule has 3 rings (SSSR count). The number of fused-ring (bicyclic) bond motifs is 1. The molecule has 2 aromatic rings. The fourth-order valence-corrected chi connectivity index (χ4v) is 5.22. The normalized spacial score (nSPS) is 19.1.